The molecular formula is C21H21N3. The molecule has 0 spiro atoms. The van der Waals surface area contributed by atoms with E-state index in [4.69, 9.17) is 0 Å². The van der Waals surface area contributed by atoms with Crippen molar-refractivity contribution in [1.82, 2.24) is 9.97 Å². The predicted molar refractivity (Wildman–Crippen MR) is 102 cm³/mol. The number of aromatic amines is 1. The molecule has 0 saturated heterocycles. The van der Waals surface area contributed by atoms with Crippen LogP contribution in [0.25, 0.3) is 11.0 Å². The highest BCUT2D eigenvalue weighted by Gasteiger charge is 2.15. The predicted octanol–water partition coefficient (Wildman–Crippen LogP) is 5.06. The lowest BCUT2D eigenvalue weighted by atomic mass is 9.90. The first kappa shape index (κ1) is 15.8. The summed E-state index contributed by atoms with van der Waals surface area (Å²) in [7, 11) is 0. The Morgan fingerprint density at radius 2 is 1.83 bits per heavy atom. The number of rotatable bonds is 7. The van der Waals surface area contributed by atoms with Crippen LogP contribution in [-0.2, 0) is 0 Å². The van der Waals surface area contributed by atoms with Crippen molar-refractivity contribution >= 4 is 17.0 Å². The van der Waals surface area contributed by atoms with Crippen LogP contribution in [0, 0.1) is 0 Å². The highest BCUT2D eigenvalue weighted by molar-refractivity contribution is 5.77. The molecule has 0 aliphatic carbocycles. The molecule has 0 aliphatic rings. The summed E-state index contributed by atoms with van der Waals surface area (Å²) in [6.45, 7) is 8.47. The van der Waals surface area contributed by atoms with Crippen molar-refractivity contribution < 1.29 is 0 Å². The Morgan fingerprint density at radius 3 is 2.54 bits per heavy atom. The van der Waals surface area contributed by atoms with E-state index in [2.05, 4.69) is 52.7 Å². The normalized spacial score (nSPS) is 12.8. The lowest BCUT2D eigenvalue weighted by Gasteiger charge is -2.19. The first-order valence-corrected chi connectivity index (χ1v) is 8.00. The summed E-state index contributed by atoms with van der Waals surface area (Å²) in [6, 6.07) is 18.4. The van der Waals surface area contributed by atoms with E-state index >= 15 is 0 Å². The molecule has 0 bridgehead atoms. The second kappa shape index (κ2) is 7.47. The van der Waals surface area contributed by atoms with Gasteiger partial charge in [-0.25, -0.2) is 4.98 Å². The minimum absolute atomic E-state index is 0.176. The van der Waals surface area contributed by atoms with Crippen molar-refractivity contribution in [2.45, 2.75) is 5.92 Å². The number of benzene rings is 2. The summed E-state index contributed by atoms with van der Waals surface area (Å²) in [5.41, 5.74) is 4.35. The quantitative estimate of drug-likeness (QED) is 0.598. The number of anilines is 1. The van der Waals surface area contributed by atoms with Gasteiger partial charge >= 0.3 is 0 Å². The van der Waals surface area contributed by atoms with Crippen LogP contribution < -0.4 is 5.32 Å². The Labute approximate surface area is 142 Å². The number of aromatic nitrogens is 2. The fourth-order valence-corrected chi connectivity index (χ4v) is 2.81. The maximum absolute atomic E-state index is 4.58. The van der Waals surface area contributed by atoms with Crippen LogP contribution in [0.3, 0.4) is 0 Å². The molecule has 3 nitrogen and oxygen atoms in total. The molecule has 0 saturated carbocycles. The van der Waals surface area contributed by atoms with Crippen molar-refractivity contribution in [3.8, 4) is 0 Å². The molecular weight excluding hydrogens is 294 g/mol. The Hall–Kier alpha value is -3.07. The van der Waals surface area contributed by atoms with Crippen molar-refractivity contribution in [3.63, 3.8) is 0 Å². The Bertz CT molecular complexity index is 826. The number of fused-ring (bicyclic) bond motifs is 1. The van der Waals surface area contributed by atoms with Gasteiger partial charge in [0.1, 0.15) is 0 Å². The largest absolute Gasteiger partial charge is 0.355 e. The summed E-state index contributed by atoms with van der Waals surface area (Å²) in [6.07, 6.45) is 5.69. The number of hydrogen-bond donors (Lipinski definition) is 2. The summed E-state index contributed by atoms with van der Waals surface area (Å²) < 4.78 is 0. The van der Waals surface area contributed by atoms with E-state index in [0.29, 0.717) is 0 Å². The number of para-hydroxylation sites is 2. The third kappa shape index (κ3) is 3.46. The van der Waals surface area contributed by atoms with E-state index in [1.54, 1.807) is 6.08 Å². The number of imidazole rings is 1. The Balaban J connectivity index is 1.84. The number of allylic oxidation sites excluding steroid dienone is 3. The monoisotopic (exact) mass is 315 g/mol. The van der Waals surface area contributed by atoms with E-state index in [0.717, 1.165) is 29.1 Å². The second-order valence-corrected chi connectivity index (χ2v) is 5.55. The van der Waals surface area contributed by atoms with Gasteiger partial charge in [0.05, 0.1) is 11.0 Å². The average Bonchev–Trinajstić information content (AvgIpc) is 3.04. The minimum atomic E-state index is 0.176. The summed E-state index contributed by atoms with van der Waals surface area (Å²) >= 11 is 0. The molecule has 0 fully saturated rings. The van der Waals surface area contributed by atoms with Gasteiger partial charge in [0.2, 0.25) is 5.95 Å². The molecule has 1 atom stereocenters. The molecule has 0 radical (unpaired) electrons. The molecule has 2 N–H and O–H groups in total. The van der Waals surface area contributed by atoms with Gasteiger partial charge in [-0.05, 0) is 23.3 Å². The number of nitrogens with one attached hydrogen (secondary N) is 2. The van der Waals surface area contributed by atoms with Gasteiger partial charge in [0.15, 0.2) is 0 Å². The van der Waals surface area contributed by atoms with Gasteiger partial charge in [-0.1, -0.05) is 73.9 Å². The van der Waals surface area contributed by atoms with E-state index in [1.165, 1.54) is 5.56 Å². The molecule has 3 heteroatoms. The van der Waals surface area contributed by atoms with Crippen LogP contribution >= 0.6 is 0 Å². The Morgan fingerprint density at radius 1 is 1.08 bits per heavy atom. The van der Waals surface area contributed by atoms with Crippen molar-refractivity contribution in [2.75, 3.05) is 11.9 Å². The molecule has 1 heterocycles. The van der Waals surface area contributed by atoms with E-state index in [9.17, 15) is 0 Å². The number of hydrogen-bond acceptors (Lipinski definition) is 2. The second-order valence-electron chi connectivity index (χ2n) is 5.55. The average molecular weight is 315 g/mol. The van der Waals surface area contributed by atoms with Gasteiger partial charge < -0.3 is 10.3 Å². The van der Waals surface area contributed by atoms with Crippen molar-refractivity contribution in [2.24, 2.45) is 0 Å². The third-order valence-electron chi connectivity index (χ3n) is 4.01. The molecule has 0 aliphatic heterocycles. The zero-order chi connectivity index (χ0) is 16.8. The standard InChI is InChI=1S/C21H21N3/c1-3-10-16(4-2)18(17-11-6-5-7-12-17)15-22-21-23-19-13-8-9-14-20(19)24-21/h3-14,18H,1-2,15H2,(H2,22,23,24)/b16-10+. The van der Waals surface area contributed by atoms with Crippen molar-refractivity contribution in [1.29, 1.82) is 0 Å². The van der Waals surface area contributed by atoms with E-state index in [1.807, 2.05) is 42.5 Å². The maximum Gasteiger partial charge on any atom is 0.201 e. The molecule has 3 rings (SSSR count). The van der Waals surface area contributed by atoms with E-state index in [-0.39, 0.29) is 5.92 Å². The maximum atomic E-state index is 4.58. The molecule has 24 heavy (non-hydrogen) atoms. The third-order valence-corrected chi connectivity index (χ3v) is 4.01. The summed E-state index contributed by atoms with van der Waals surface area (Å²) in [5.74, 6) is 0.953. The molecule has 3 aromatic rings. The van der Waals surface area contributed by atoms with Gasteiger partial charge in [0, 0.05) is 12.5 Å². The fourth-order valence-electron chi connectivity index (χ4n) is 2.81. The van der Waals surface area contributed by atoms with E-state index < -0.39 is 0 Å². The van der Waals surface area contributed by atoms with Gasteiger partial charge in [-0.15, -0.1) is 0 Å². The summed E-state index contributed by atoms with van der Waals surface area (Å²) in [5, 5.41) is 3.42. The van der Waals surface area contributed by atoms with Crippen LogP contribution in [0.4, 0.5) is 5.95 Å². The van der Waals surface area contributed by atoms with Gasteiger partial charge in [-0.3, -0.25) is 0 Å². The number of H-pyrrole nitrogens is 1. The molecule has 2 aromatic carbocycles. The van der Waals surface area contributed by atoms with Crippen molar-refractivity contribution in [3.05, 3.63) is 97.1 Å². The van der Waals surface area contributed by atoms with Crippen LogP contribution in [0.2, 0.25) is 0 Å². The lowest BCUT2D eigenvalue weighted by molar-refractivity contribution is 0.845. The van der Waals surface area contributed by atoms with Crippen LogP contribution in [-0.4, -0.2) is 16.5 Å². The number of nitrogens with zero attached hydrogens (tertiary/aromatic N) is 1. The molecule has 1 unspecified atom stereocenters. The fraction of sp³-hybridized carbons (Fsp3) is 0.0952. The lowest BCUT2D eigenvalue weighted by Crippen LogP contribution is -2.15. The highest BCUT2D eigenvalue weighted by atomic mass is 15.1. The smallest absolute Gasteiger partial charge is 0.201 e. The summed E-state index contributed by atoms with van der Waals surface area (Å²) in [4.78, 5) is 7.88. The van der Waals surface area contributed by atoms with Gasteiger partial charge in [-0.2, -0.15) is 0 Å². The highest BCUT2D eigenvalue weighted by Crippen LogP contribution is 2.26. The van der Waals surface area contributed by atoms with Gasteiger partial charge in [0.25, 0.3) is 0 Å². The topological polar surface area (TPSA) is 40.7 Å². The SMILES string of the molecule is C=C/C=C(\C=C)C(CNc1nc2ccccc2[nH]1)c1ccccc1. The first-order chi connectivity index (χ1) is 11.8. The zero-order valence-electron chi connectivity index (χ0n) is 13.6. The zero-order valence-corrected chi connectivity index (χ0v) is 13.6. The Kier molecular flexibility index (Phi) is 4.92. The van der Waals surface area contributed by atoms with Crippen LogP contribution in [0.1, 0.15) is 11.5 Å². The van der Waals surface area contributed by atoms with Crippen LogP contribution in [0.5, 0.6) is 0 Å². The van der Waals surface area contributed by atoms with Crippen LogP contribution in [0.15, 0.2) is 91.6 Å². The molecule has 120 valence electrons. The molecule has 0 amide bonds. The first-order valence-electron chi connectivity index (χ1n) is 8.00. The molecule has 1 aromatic heterocycles. The minimum Gasteiger partial charge on any atom is -0.355 e.